The van der Waals surface area contributed by atoms with Gasteiger partial charge < -0.3 is 0 Å². The first kappa shape index (κ1) is 22.1. The first-order valence-electron chi connectivity index (χ1n) is 9.91. The summed E-state index contributed by atoms with van der Waals surface area (Å²) in [7, 11) is 0. The molecule has 4 rings (SSSR count). The van der Waals surface area contributed by atoms with E-state index in [4.69, 9.17) is 0 Å². The predicted molar refractivity (Wildman–Crippen MR) is 117 cm³/mol. The van der Waals surface area contributed by atoms with E-state index in [1.165, 1.54) is 6.07 Å². The molecule has 160 valence electrons. The second-order valence-electron chi connectivity index (χ2n) is 7.85. The van der Waals surface area contributed by atoms with Gasteiger partial charge in [0.2, 0.25) is 0 Å². The first-order chi connectivity index (χ1) is 14.8. The SMILES string of the molecule is C[C@@H]1C[C@@H](O)C[C@H](c2ccncc2NC(=O)c2nc(-c3c(F)cccc3F)sc2[As])C1. The van der Waals surface area contributed by atoms with Gasteiger partial charge in [-0.25, -0.2) is 0 Å². The molecule has 0 saturated heterocycles. The van der Waals surface area contributed by atoms with Crippen molar-refractivity contribution in [1.29, 1.82) is 0 Å². The summed E-state index contributed by atoms with van der Waals surface area (Å²) >= 11 is 3.26. The number of thiazole rings is 1. The van der Waals surface area contributed by atoms with E-state index in [1.54, 1.807) is 12.4 Å². The number of amides is 1. The van der Waals surface area contributed by atoms with E-state index >= 15 is 0 Å². The van der Waals surface area contributed by atoms with Gasteiger partial charge in [-0.3, -0.25) is 0 Å². The maximum atomic E-state index is 14.1. The molecule has 1 amide bonds. The van der Waals surface area contributed by atoms with E-state index in [9.17, 15) is 18.7 Å². The molecular formula is C22H20AsF2N3O2S. The molecule has 2 aromatic heterocycles. The van der Waals surface area contributed by atoms with Crippen LogP contribution >= 0.6 is 11.3 Å². The number of aliphatic hydroxyl groups is 1. The third-order valence-electron chi connectivity index (χ3n) is 5.46. The number of aromatic nitrogens is 2. The van der Waals surface area contributed by atoms with Crippen LogP contribution in [0.2, 0.25) is 0 Å². The van der Waals surface area contributed by atoms with Crippen LogP contribution in [0.1, 0.15) is 48.2 Å². The zero-order chi connectivity index (χ0) is 22.1. The van der Waals surface area contributed by atoms with E-state index in [-0.39, 0.29) is 28.3 Å². The third kappa shape index (κ3) is 4.71. The van der Waals surface area contributed by atoms with Crippen LogP contribution in [0, 0.1) is 17.6 Å². The van der Waals surface area contributed by atoms with Crippen LogP contribution in [0.4, 0.5) is 14.5 Å². The van der Waals surface area contributed by atoms with Gasteiger partial charge in [0.15, 0.2) is 0 Å². The van der Waals surface area contributed by atoms with Crippen molar-refractivity contribution in [2.45, 2.75) is 38.2 Å². The van der Waals surface area contributed by atoms with Crippen LogP contribution in [0.15, 0.2) is 36.7 Å². The Kier molecular flexibility index (Phi) is 6.51. The number of carbonyl (C=O) groups is 1. The minimum atomic E-state index is -0.729. The normalized spacial score (nSPS) is 21.1. The standard InChI is InChI=1S/C22H20AsF2N3O2S/c1-11-7-12(9-13(29)8-11)14-5-6-26-10-17(14)27-21(30)19-20(23)31-22(28-19)18-15(24)3-2-4-16(18)25/h2-6,10-13,29H,7-9H2,1H3,(H,27,30)/t11-,12+,13+/m0/s1. The Hall–Kier alpha value is -2.15. The van der Waals surface area contributed by atoms with Gasteiger partial charge in [0.1, 0.15) is 0 Å². The number of nitrogens with one attached hydrogen (secondary N) is 1. The number of aliphatic hydroxyl groups excluding tert-OH is 1. The second kappa shape index (κ2) is 9.15. The minimum absolute atomic E-state index is 0.0921. The van der Waals surface area contributed by atoms with Crippen molar-refractivity contribution < 1.29 is 18.7 Å². The molecule has 5 nitrogen and oxygen atoms in total. The van der Waals surface area contributed by atoms with Crippen molar-refractivity contribution in [2.75, 3.05) is 5.32 Å². The number of pyridine rings is 1. The molecular weight excluding hydrogens is 483 g/mol. The number of benzene rings is 1. The summed E-state index contributed by atoms with van der Waals surface area (Å²) in [5.74, 6) is -1.46. The average molecular weight is 503 g/mol. The molecule has 9 heteroatoms. The molecule has 1 fully saturated rings. The van der Waals surface area contributed by atoms with E-state index in [1.807, 2.05) is 6.07 Å². The summed E-state index contributed by atoms with van der Waals surface area (Å²) in [5, 5.41) is 13.1. The van der Waals surface area contributed by atoms with Crippen molar-refractivity contribution in [3.05, 3.63) is 59.6 Å². The van der Waals surface area contributed by atoms with Gasteiger partial charge in [-0.05, 0) is 0 Å². The van der Waals surface area contributed by atoms with Crippen LogP contribution in [0.3, 0.4) is 0 Å². The monoisotopic (exact) mass is 503 g/mol. The van der Waals surface area contributed by atoms with Gasteiger partial charge in [-0.2, -0.15) is 0 Å². The Morgan fingerprint density at radius 2 is 1.97 bits per heavy atom. The molecule has 0 unspecified atom stereocenters. The average Bonchev–Trinajstić information content (AvgIpc) is 3.09. The summed E-state index contributed by atoms with van der Waals surface area (Å²) in [6.07, 6.45) is 5.18. The van der Waals surface area contributed by atoms with Gasteiger partial charge in [-0.1, -0.05) is 0 Å². The zero-order valence-electron chi connectivity index (χ0n) is 16.7. The molecule has 2 radical (unpaired) electrons. The van der Waals surface area contributed by atoms with Crippen molar-refractivity contribution in [1.82, 2.24) is 9.97 Å². The van der Waals surface area contributed by atoms with Crippen molar-refractivity contribution in [3.8, 4) is 10.6 Å². The molecule has 3 atom stereocenters. The summed E-state index contributed by atoms with van der Waals surface area (Å²) < 4.78 is 28.8. The Labute approximate surface area is 191 Å². The topological polar surface area (TPSA) is 75.1 Å². The van der Waals surface area contributed by atoms with Gasteiger partial charge in [0, 0.05) is 0 Å². The van der Waals surface area contributed by atoms with Crippen LogP contribution in [0.5, 0.6) is 0 Å². The van der Waals surface area contributed by atoms with Crippen molar-refractivity contribution >= 4 is 43.4 Å². The molecule has 2 heterocycles. The number of anilines is 1. The Morgan fingerprint density at radius 1 is 1.23 bits per heavy atom. The van der Waals surface area contributed by atoms with Gasteiger partial charge >= 0.3 is 192 Å². The number of hydrogen-bond donors (Lipinski definition) is 2. The molecule has 3 aromatic rings. The molecule has 31 heavy (non-hydrogen) atoms. The summed E-state index contributed by atoms with van der Waals surface area (Å²) in [5.41, 5.74) is 1.31. The summed E-state index contributed by atoms with van der Waals surface area (Å²) in [6.45, 7) is 2.11. The number of hydrogen-bond acceptors (Lipinski definition) is 5. The third-order valence-corrected chi connectivity index (χ3v) is 7.36. The molecule has 0 spiro atoms. The van der Waals surface area contributed by atoms with Crippen molar-refractivity contribution in [3.63, 3.8) is 0 Å². The fraction of sp³-hybridized carbons (Fsp3) is 0.318. The number of nitrogens with zero attached hydrogens (tertiary/aromatic N) is 2. The Bertz CT molecular complexity index is 1090. The molecule has 2 N–H and O–H groups in total. The van der Waals surface area contributed by atoms with Crippen LogP contribution < -0.4 is 8.98 Å². The molecule has 1 aliphatic carbocycles. The van der Waals surface area contributed by atoms with E-state index in [2.05, 4.69) is 39.1 Å². The zero-order valence-corrected chi connectivity index (χ0v) is 19.4. The number of carbonyl (C=O) groups excluding carboxylic acids is 1. The maximum absolute atomic E-state index is 14.1. The number of halogens is 2. The second-order valence-corrected chi connectivity index (χ2v) is 10.4. The molecule has 1 saturated carbocycles. The first-order valence-corrected chi connectivity index (χ1v) is 11.7. The van der Waals surface area contributed by atoms with Crippen molar-refractivity contribution in [2.24, 2.45) is 5.92 Å². The predicted octanol–water partition coefficient (Wildman–Crippen LogP) is 3.79. The van der Waals surface area contributed by atoms with E-state index < -0.39 is 17.5 Å². The van der Waals surface area contributed by atoms with Crippen LogP contribution in [-0.4, -0.2) is 43.9 Å². The molecule has 1 aromatic carbocycles. The molecule has 1 aliphatic rings. The molecule has 0 aliphatic heterocycles. The summed E-state index contributed by atoms with van der Waals surface area (Å²) in [4.78, 5) is 21.3. The summed E-state index contributed by atoms with van der Waals surface area (Å²) in [6, 6.07) is 5.46. The van der Waals surface area contributed by atoms with Gasteiger partial charge in [0.25, 0.3) is 0 Å². The van der Waals surface area contributed by atoms with Gasteiger partial charge in [-0.15, -0.1) is 0 Å². The van der Waals surface area contributed by atoms with E-state index in [0.29, 0.717) is 21.7 Å². The van der Waals surface area contributed by atoms with Gasteiger partial charge in [0.05, 0.1) is 0 Å². The Balaban J connectivity index is 1.61. The number of rotatable bonds is 4. The van der Waals surface area contributed by atoms with E-state index in [0.717, 1.165) is 41.9 Å². The fourth-order valence-corrected chi connectivity index (χ4v) is 5.85. The fourth-order valence-electron chi connectivity index (χ4n) is 4.14. The van der Waals surface area contributed by atoms with Crippen LogP contribution in [-0.2, 0) is 0 Å². The Morgan fingerprint density at radius 3 is 2.68 bits per heavy atom. The molecule has 0 bridgehead atoms. The quantitative estimate of drug-likeness (QED) is 0.532. The van der Waals surface area contributed by atoms with Crippen LogP contribution in [0.25, 0.3) is 10.6 Å².